The van der Waals surface area contributed by atoms with E-state index < -0.39 is 5.91 Å². The summed E-state index contributed by atoms with van der Waals surface area (Å²) in [5.74, 6) is -0.534. The van der Waals surface area contributed by atoms with Crippen LogP contribution in [0.4, 0.5) is 0 Å². The number of nitrogens with zero attached hydrogens (tertiary/aromatic N) is 2. The molecule has 1 heterocycles. The van der Waals surface area contributed by atoms with Gasteiger partial charge in [0.05, 0.1) is 6.21 Å². The first kappa shape index (κ1) is 15.0. The molecule has 0 atom stereocenters. The van der Waals surface area contributed by atoms with Gasteiger partial charge < -0.3 is 4.57 Å². The number of aromatic nitrogens is 1. The number of halogens is 1. The summed E-state index contributed by atoms with van der Waals surface area (Å²) in [5, 5.41) is 4.45. The van der Waals surface area contributed by atoms with Crippen molar-refractivity contribution in [1.82, 2.24) is 9.99 Å². The molecule has 2 aromatic rings. The van der Waals surface area contributed by atoms with Crippen LogP contribution >= 0.6 is 11.6 Å². The Bertz CT molecular complexity index is 720. The third-order valence-electron chi connectivity index (χ3n) is 2.86. The summed E-state index contributed by atoms with van der Waals surface area (Å²) in [7, 11) is 0. The number of carbonyl (C=O) groups is 1. The first-order valence-corrected chi connectivity index (χ1v) is 6.78. The molecule has 1 aromatic heterocycles. The zero-order valence-electron chi connectivity index (χ0n) is 11.4. The number of hydrazone groups is 1. The third kappa shape index (κ3) is 3.79. The second-order valence-corrected chi connectivity index (χ2v) is 4.70. The Kier molecular flexibility index (Phi) is 4.90. The van der Waals surface area contributed by atoms with E-state index in [2.05, 4.69) is 10.5 Å². The lowest BCUT2D eigenvalue weighted by Gasteiger charge is -2.04. The fraction of sp³-hybridized carbons (Fsp3) is 0.133. The van der Waals surface area contributed by atoms with Gasteiger partial charge in [-0.05, 0) is 36.8 Å². The predicted molar refractivity (Wildman–Crippen MR) is 82.9 cm³/mol. The average molecular weight is 304 g/mol. The lowest BCUT2D eigenvalue weighted by atomic mass is 10.2. The number of nitrogens with one attached hydrogen (secondary N) is 1. The fourth-order valence-corrected chi connectivity index (χ4v) is 1.86. The van der Waals surface area contributed by atoms with Gasteiger partial charge in [0.15, 0.2) is 0 Å². The zero-order chi connectivity index (χ0) is 15.2. The summed E-state index contributed by atoms with van der Waals surface area (Å²) in [4.78, 5) is 23.9. The molecule has 108 valence electrons. The van der Waals surface area contributed by atoms with E-state index in [9.17, 15) is 9.59 Å². The summed E-state index contributed by atoms with van der Waals surface area (Å²) in [5.41, 5.74) is 2.86. The smallest absolute Gasteiger partial charge is 0.276 e. The van der Waals surface area contributed by atoms with Gasteiger partial charge in [-0.2, -0.15) is 5.10 Å². The molecule has 6 heteroatoms. The van der Waals surface area contributed by atoms with Gasteiger partial charge >= 0.3 is 0 Å². The van der Waals surface area contributed by atoms with E-state index in [1.165, 1.54) is 16.8 Å². The molecule has 0 radical (unpaired) electrons. The van der Waals surface area contributed by atoms with Crippen molar-refractivity contribution < 1.29 is 4.79 Å². The Balaban J connectivity index is 2.08. The maximum atomic E-state index is 11.9. The van der Waals surface area contributed by atoms with Crippen LogP contribution in [0.5, 0.6) is 0 Å². The second kappa shape index (κ2) is 6.85. The summed E-state index contributed by atoms with van der Waals surface area (Å²) in [6.45, 7) is 2.34. The van der Waals surface area contributed by atoms with Crippen molar-refractivity contribution in [2.45, 2.75) is 13.5 Å². The van der Waals surface area contributed by atoms with Gasteiger partial charge in [-0.1, -0.05) is 23.7 Å². The van der Waals surface area contributed by atoms with E-state index in [0.717, 1.165) is 5.56 Å². The molecule has 1 aromatic carbocycles. The highest BCUT2D eigenvalue weighted by molar-refractivity contribution is 6.30. The third-order valence-corrected chi connectivity index (χ3v) is 3.11. The van der Waals surface area contributed by atoms with E-state index >= 15 is 0 Å². The molecule has 2 rings (SSSR count). The molecule has 21 heavy (non-hydrogen) atoms. The average Bonchev–Trinajstić information content (AvgIpc) is 2.49. The van der Waals surface area contributed by atoms with Crippen molar-refractivity contribution in [1.29, 1.82) is 0 Å². The minimum atomic E-state index is -0.534. The van der Waals surface area contributed by atoms with E-state index in [4.69, 9.17) is 11.6 Å². The summed E-state index contributed by atoms with van der Waals surface area (Å²) in [6.07, 6.45) is 3.12. The number of pyridine rings is 1. The normalized spacial score (nSPS) is 10.8. The van der Waals surface area contributed by atoms with Gasteiger partial charge in [0, 0.05) is 17.8 Å². The molecule has 0 aliphatic carbocycles. The van der Waals surface area contributed by atoms with E-state index in [-0.39, 0.29) is 11.1 Å². The minimum Gasteiger partial charge on any atom is -0.315 e. The fourth-order valence-electron chi connectivity index (χ4n) is 1.73. The molecule has 0 fully saturated rings. The van der Waals surface area contributed by atoms with Crippen molar-refractivity contribution in [2.75, 3.05) is 0 Å². The lowest BCUT2D eigenvalue weighted by Crippen LogP contribution is -2.30. The monoisotopic (exact) mass is 303 g/mol. The van der Waals surface area contributed by atoms with Crippen molar-refractivity contribution in [3.05, 3.63) is 69.1 Å². The van der Waals surface area contributed by atoms with Gasteiger partial charge in [0.2, 0.25) is 0 Å². The quantitative estimate of drug-likeness (QED) is 0.696. The Hall–Kier alpha value is -2.40. The number of benzene rings is 1. The molecular weight excluding hydrogens is 290 g/mol. The number of amides is 1. The first-order chi connectivity index (χ1) is 10.1. The van der Waals surface area contributed by atoms with Crippen LogP contribution < -0.4 is 11.0 Å². The molecule has 0 bridgehead atoms. The molecule has 1 N–H and O–H groups in total. The van der Waals surface area contributed by atoms with Gasteiger partial charge in [0.1, 0.15) is 5.56 Å². The van der Waals surface area contributed by atoms with Gasteiger partial charge in [-0.3, -0.25) is 9.59 Å². The SMILES string of the molecule is CCn1cccc(C(=O)N/N=C\c2ccc(Cl)cc2)c1=O. The highest BCUT2D eigenvalue weighted by Crippen LogP contribution is 2.07. The minimum absolute atomic E-state index is 0.0626. The van der Waals surface area contributed by atoms with Crippen molar-refractivity contribution in [3.8, 4) is 0 Å². The largest absolute Gasteiger partial charge is 0.315 e. The summed E-state index contributed by atoms with van der Waals surface area (Å²) in [6, 6.07) is 10.1. The number of hydrogen-bond acceptors (Lipinski definition) is 3. The standard InChI is InChI=1S/C15H14ClN3O2/c1-2-19-9-3-4-13(15(19)21)14(20)18-17-10-11-5-7-12(16)8-6-11/h3-10H,2H2,1H3,(H,18,20)/b17-10-. The summed E-state index contributed by atoms with van der Waals surface area (Å²) >= 11 is 5.77. The number of hydrogen-bond donors (Lipinski definition) is 1. The lowest BCUT2D eigenvalue weighted by molar-refractivity contribution is 0.0953. The Morgan fingerprint density at radius 1 is 1.33 bits per heavy atom. The van der Waals surface area contributed by atoms with Crippen molar-refractivity contribution in [2.24, 2.45) is 5.10 Å². The second-order valence-electron chi connectivity index (χ2n) is 4.26. The molecule has 0 saturated carbocycles. The van der Waals surface area contributed by atoms with Crippen LogP contribution in [0.2, 0.25) is 5.02 Å². The number of rotatable bonds is 4. The highest BCUT2D eigenvalue weighted by atomic mass is 35.5. The Labute approximate surface area is 126 Å². The molecule has 0 unspecified atom stereocenters. The van der Waals surface area contributed by atoms with Gasteiger partial charge in [-0.25, -0.2) is 5.43 Å². The van der Waals surface area contributed by atoms with E-state index in [1.807, 2.05) is 6.92 Å². The molecule has 1 amide bonds. The van der Waals surface area contributed by atoms with Crippen LogP contribution in [0.25, 0.3) is 0 Å². The molecule has 0 saturated heterocycles. The topological polar surface area (TPSA) is 63.5 Å². The van der Waals surface area contributed by atoms with Crippen LogP contribution in [0.1, 0.15) is 22.8 Å². The van der Waals surface area contributed by atoms with Crippen LogP contribution in [-0.2, 0) is 6.54 Å². The van der Waals surface area contributed by atoms with Gasteiger partial charge in [-0.15, -0.1) is 0 Å². The van der Waals surface area contributed by atoms with Crippen LogP contribution in [-0.4, -0.2) is 16.7 Å². The molecular formula is C15H14ClN3O2. The van der Waals surface area contributed by atoms with E-state index in [1.54, 1.807) is 36.5 Å². The molecule has 0 aliphatic heterocycles. The maximum Gasteiger partial charge on any atom is 0.276 e. The maximum absolute atomic E-state index is 11.9. The molecule has 5 nitrogen and oxygen atoms in total. The molecule has 0 aliphatic rings. The van der Waals surface area contributed by atoms with Crippen LogP contribution in [0, 0.1) is 0 Å². The predicted octanol–water partition coefficient (Wildman–Crippen LogP) is 2.29. The van der Waals surface area contributed by atoms with Gasteiger partial charge in [0.25, 0.3) is 11.5 Å². The van der Waals surface area contributed by atoms with Crippen molar-refractivity contribution >= 4 is 23.7 Å². The zero-order valence-corrected chi connectivity index (χ0v) is 12.2. The summed E-state index contributed by atoms with van der Waals surface area (Å²) < 4.78 is 1.46. The van der Waals surface area contributed by atoms with E-state index in [0.29, 0.717) is 11.6 Å². The van der Waals surface area contributed by atoms with Crippen molar-refractivity contribution in [3.63, 3.8) is 0 Å². The number of aryl methyl sites for hydroxylation is 1. The number of carbonyl (C=O) groups excluding carboxylic acids is 1. The van der Waals surface area contributed by atoms with Crippen LogP contribution in [0.15, 0.2) is 52.5 Å². The molecule has 0 spiro atoms. The highest BCUT2D eigenvalue weighted by Gasteiger charge is 2.10. The Morgan fingerprint density at radius 3 is 2.71 bits per heavy atom. The first-order valence-electron chi connectivity index (χ1n) is 6.40. The van der Waals surface area contributed by atoms with Crippen LogP contribution in [0.3, 0.4) is 0 Å². The Morgan fingerprint density at radius 2 is 2.05 bits per heavy atom.